The summed E-state index contributed by atoms with van der Waals surface area (Å²) in [5, 5.41) is 2.38. The highest BCUT2D eigenvalue weighted by molar-refractivity contribution is 7.14. The second-order valence-corrected chi connectivity index (χ2v) is 5.38. The van der Waals surface area contributed by atoms with E-state index in [1.165, 1.54) is 24.3 Å². The Morgan fingerprint density at radius 1 is 1.33 bits per heavy atom. The van der Waals surface area contributed by atoms with Gasteiger partial charge in [0.2, 0.25) is 0 Å². The van der Waals surface area contributed by atoms with Crippen molar-refractivity contribution < 1.29 is 22.7 Å². The molecule has 0 radical (unpaired) electrons. The summed E-state index contributed by atoms with van der Waals surface area (Å²) in [4.78, 5) is 13.1. The number of anilines is 2. The van der Waals surface area contributed by atoms with Gasteiger partial charge in [-0.05, 0) is 25.1 Å². The molecule has 1 aromatic heterocycles. The van der Waals surface area contributed by atoms with Gasteiger partial charge in [-0.1, -0.05) is 12.1 Å². The average molecular weight is 316 g/mol. The maximum Gasteiger partial charge on any atom is 0.573 e. The van der Waals surface area contributed by atoms with Gasteiger partial charge in [-0.3, -0.25) is 4.79 Å². The van der Waals surface area contributed by atoms with Gasteiger partial charge in [-0.15, -0.1) is 24.5 Å². The Labute approximate surface area is 122 Å². The summed E-state index contributed by atoms with van der Waals surface area (Å²) >= 11 is 1.16. The predicted octanol–water partition coefficient (Wildman–Crippen LogP) is 3.79. The number of alkyl halides is 3. The molecule has 112 valence electrons. The Morgan fingerprint density at radius 2 is 2.00 bits per heavy atom. The van der Waals surface area contributed by atoms with Gasteiger partial charge in [0.05, 0.1) is 10.6 Å². The summed E-state index contributed by atoms with van der Waals surface area (Å²) in [7, 11) is 0. The van der Waals surface area contributed by atoms with Crippen molar-refractivity contribution in [3.8, 4) is 5.75 Å². The van der Waals surface area contributed by atoms with Crippen LogP contribution in [0.5, 0.6) is 5.75 Å². The highest BCUT2D eigenvalue weighted by Crippen LogP contribution is 2.31. The quantitative estimate of drug-likeness (QED) is 0.905. The Bertz CT molecular complexity index is 648. The van der Waals surface area contributed by atoms with Crippen molar-refractivity contribution >= 4 is 28.6 Å². The Kier molecular flexibility index (Phi) is 4.08. The van der Waals surface area contributed by atoms with E-state index in [-0.39, 0.29) is 5.69 Å². The first-order chi connectivity index (χ1) is 9.76. The molecule has 0 aliphatic heterocycles. The number of rotatable bonds is 3. The zero-order valence-corrected chi connectivity index (χ0v) is 11.6. The van der Waals surface area contributed by atoms with Gasteiger partial charge in [0, 0.05) is 10.6 Å². The number of thiophene rings is 1. The topological polar surface area (TPSA) is 64.3 Å². The molecular weight excluding hydrogens is 305 g/mol. The minimum absolute atomic E-state index is 0.0653. The number of carbonyl (C=O) groups excluding carboxylic acids is 1. The van der Waals surface area contributed by atoms with Crippen LogP contribution in [0.3, 0.4) is 0 Å². The first-order valence-corrected chi connectivity index (χ1v) is 6.60. The van der Waals surface area contributed by atoms with Crippen molar-refractivity contribution in [2.75, 3.05) is 11.1 Å². The summed E-state index contributed by atoms with van der Waals surface area (Å²) in [6.45, 7) is 1.75. The second kappa shape index (κ2) is 5.65. The summed E-state index contributed by atoms with van der Waals surface area (Å²) in [5.74, 6) is -1.02. The van der Waals surface area contributed by atoms with Crippen molar-refractivity contribution in [2.45, 2.75) is 13.3 Å². The molecule has 0 spiro atoms. The normalized spacial score (nSPS) is 11.2. The summed E-state index contributed by atoms with van der Waals surface area (Å²) in [6.07, 6.45) is -4.83. The Hall–Kier alpha value is -2.22. The van der Waals surface area contributed by atoms with E-state index in [0.29, 0.717) is 10.6 Å². The number of amides is 1. The molecular formula is C13H11F3N2O2S. The zero-order valence-electron chi connectivity index (χ0n) is 10.8. The standard InChI is InChI=1S/C13H11F3N2O2S/c1-7-8(17)6-11(21-7)12(19)18-9-4-2-3-5-10(9)20-13(14,15)16/h2-6H,17H2,1H3,(H,18,19). The molecule has 1 amide bonds. The van der Waals surface area contributed by atoms with Gasteiger partial charge in [-0.2, -0.15) is 0 Å². The average Bonchev–Trinajstić information content (AvgIpc) is 2.70. The lowest BCUT2D eigenvalue weighted by Gasteiger charge is -2.13. The molecule has 2 rings (SSSR count). The van der Waals surface area contributed by atoms with Crippen LogP contribution in [-0.2, 0) is 0 Å². The zero-order chi connectivity index (χ0) is 15.6. The van der Waals surface area contributed by atoms with Gasteiger partial charge in [0.25, 0.3) is 5.91 Å². The van der Waals surface area contributed by atoms with E-state index >= 15 is 0 Å². The molecule has 0 atom stereocenters. The number of nitrogens with two attached hydrogens (primary N) is 1. The molecule has 21 heavy (non-hydrogen) atoms. The number of benzene rings is 1. The molecule has 0 bridgehead atoms. The maximum atomic E-state index is 12.3. The highest BCUT2D eigenvalue weighted by atomic mass is 32.1. The lowest BCUT2D eigenvalue weighted by molar-refractivity contribution is -0.274. The van der Waals surface area contributed by atoms with E-state index in [1.54, 1.807) is 6.92 Å². The molecule has 0 saturated carbocycles. The molecule has 4 nitrogen and oxygen atoms in total. The molecule has 1 heterocycles. The predicted molar refractivity (Wildman–Crippen MR) is 74.5 cm³/mol. The molecule has 0 aliphatic carbocycles. The van der Waals surface area contributed by atoms with Crippen LogP contribution in [0, 0.1) is 6.92 Å². The van der Waals surface area contributed by atoms with Crippen LogP contribution in [0.25, 0.3) is 0 Å². The van der Waals surface area contributed by atoms with Crippen molar-refractivity contribution in [3.63, 3.8) is 0 Å². The third kappa shape index (κ3) is 3.88. The Balaban J connectivity index is 2.21. The molecule has 8 heteroatoms. The van der Waals surface area contributed by atoms with E-state index < -0.39 is 18.0 Å². The third-order valence-electron chi connectivity index (χ3n) is 2.54. The summed E-state index contributed by atoms with van der Waals surface area (Å²) < 4.78 is 40.7. The molecule has 1 aromatic carbocycles. The fourth-order valence-corrected chi connectivity index (χ4v) is 2.41. The van der Waals surface area contributed by atoms with E-state index in [2.05, 4.69) is 10.1 Å². The number of nitrogen functional groups attached to an aromatic ring is 1. The fraction of sp³-hybridized carbons (Fsp3) is 0.154. The number of aryl methyl sites for hydroxylation is 1. The number of para-hydroxylation sites is 2. The largest absolute Gasteiger partial charge is 0.573 e. The third-order valence-corrected chi connectivity index (χ3v) is 3.61. The molecule has 0 saturated heterocycles. The number of halogens is 3. The van der Waals surface area contributed by atoms with Crippen LogP contribution >= 0.6 is 11.3 Å². The fourth-order valence-electron chi connectivity index (χ4n) is 1.58. The number of hydrogen-bond acceptors (Lipinski definition) is 4. The maximum absolute atomic E-state index is 12.3. The summed E-state index contributed by atoms with van der Waals surface area (Å²) in [6, 6.07) is 6.79. The molecule has 3 N–H and O–H groups in total. The van der Waals surface area contributed by atoms with E-state index in [0.717, 1.165) is 22.3 Å². The van der Waals surface area contributed by atoms with E-state index in [9.17, 15) is 18.0 Å². The van der Waals surface area contributed by atoms with Crippen molar-refractivity contribution in [1.29, 1.82) is 0 Å². The summed E-state index contributed by atoms with van der Waals surface area (Å²) in [5.41, 5.74) is 6.04. The van der Waals surface area contributed by atoms with Gasteiger partial charge in [0.15, 0.2) is 5.75 Å². The SMILES string of the molecule is Cc1sc(C(=O)Nc2ccccc2OC(F)(F)F)cc1N. The number of hydrogen-bond donors (Lipinski definition) is 2. The van der Waals surface area contributed by atoms with Crippen LogP contribution in [0.15, 0.2) is 30.3 Å². The number of nitrogens with one attached hydrogen (secondary N) is 1. The van der Waals surface area contributed by atoms with Crippen molar-refractivity contribution in [3.05, 3.63) is 40.1 Å². The lowest BCUT2D eigenvalue weighted by atomic mass is 10.3. The minimum Gasteiger partial charge on any atom is -0.404 e. The minimum atomic E-state index is -4.83. The number of carbonyl (C=O) groups is 1. The van der Waals surface area contributed by atoms with Crippen molar-refractivity contribution in [2.24, 2.45) is 0 Å². The lowest BCUT2D eigenvalue weighted by Crippen LogP contribution is -2.19. The molecule has 0 fully saturated rings. The Morgan fingerprint density at radius 3 is 2.57 bits per heavy atom. The first kappa shape index (κ1) is 15.2. The monoisotopic (exact) mass is 316 g/mol. The van der Waals surface area contributed by atoms with Gasteiger partial charge in [0.1, 0.15) is 0 Å². The molecule has 0 aliphatic rings. The van der Waals surface area contributed by atoms with Crippen LogP contribution in [-0.4, -0.2) is 12.3 Å². The van der Waals surface area contributed by atoms with Gasteiger partial charge in [-0.25, -0.2) is 0 Å². The highest BCUT2D eigenvalue weighted by Gasteiger charge is 2.32. The first-order valence-electron chi connectivity index (χ1n) is 5.78. The molecule has 2 aromatic rings. The second-order valence-electron chi connectivity index (χ2n) is 4.12. The molecule has 0 unspecified atom stereocenters. The van der Waals surface area contributed by atoms with Gasteiger partial charge >= 0.3 is 6.36 Å². The van der Waals surface area contributed by atoms with Crippen LogP contribution in [0.4, 0.5) is 24.5 Å². The van der Waals surface area contributed by atoms with Crippen LogP contribution in [0.2, 0.25) is 0 Å². The van der Waals surface area contributed by atoms with Gasteiger partial charge < -0.3 is 15.8 Å². The van der Waals surface area contributed by atoms with E-state index in [4.69, 9.17) is 5.73 Å². The van der Waals surface area contributed by atoms with Crippen LogP contribution < -0.4 is 15.8 Å². The number of ether oxygens (including phenoxy) is 1. The smallest absolute Gasteiger partial charge is 0.404 e. The van der Waals surface area contributed by atoms with Crippen molar-refractivity contribution in [1.82, 2.24) is 0 Å². The van der Waals surface area contributed by atoms with E-state index in [1.807, 2.05) is 0 Å². The van der Waals surface area contributed by atoms with Crippen LogP contribution in [0.1, 0.15) is 14.5 Å².